The molecule has 1 atom stereocenters. The summed E-state index contributed by atoms with van der Waals surface area (Å²) >= 11 is 3.51. The number of rotatable bonds is 6. The van der Waals surface area contributed by atoms with Crippen LogP contribution in [0.25, 0.3) is 0 Å². The third-order valence-corrected chi connectivity index (χ3v) is 6.34. The van der Waals surface area contributed by atoms with Crippen molar-refractivity contribution in [3.8, 4) is 0 Å². The van der Waals surface area contributed by atoms with E-state index in [1.807, 2.05) is 7.05 Å². The van der Waals surface area contributed by atoms with Crippen LogP contribution in [0.15, 0.2) is 33.7 Å². The second-order valence-corrected chi connectivity index (χ2v) is 8.69. The molecule has 0 bridgehead atoms. The van der Waals surface area contributed by atoms with Gasteiger partial charge in [0, 0.05) is 63.6 Å². The zero-order valence-electron chi connectivity index (χ0n) is 17.1. The number of ether oxygens (including phenoxy) is 1. The first-order valence-electron chi connectivity index (χ1n) is 10.2. The van der Waals surface area contributed by atoms with Crippen molar-refractivity contribution in [1.82, 2.24) is 10.2 Å². The monoisotopic (exact) mass is 564 g/mol. The lowest BCUT2D eigenvalue weighted by atomic mass is 9.96. The Balaban J connectivity index is 0.00000280. The number of aliphatic imine (C=N–C) groups is 1. The molecule has 2 heterocycles. The van der Waals surface area contributed by atoms with E-state index < -0.39 is 0 Å². The van der Waals surface area contributed by atoms with Crippen LogP contribution in [-0.2, 0) is 4.74 Å². The first kappa shape index (κ1) is 23.7. The fourth-order valence-electron chi connectivity index (χ4n) is 4.02. The highest BCUT2D eigenvalue weighted by molar-refractivity contribution is 14.0. The Morgan fingerprint density at radius 1 is 1.21 bits per heavy atom. The smallest absolute Gasteiger partial charge is 0.193 e. The summed E-state index contributed by atoms with van der Waals surface area (Å²) in [5, 5.41) is 3.60. The topological polar surface area (TPSA) is 40.1 Å². The van der Waals surface area contributed by atoms with E-state index >= 15 is 0 Å². The van der Waals surface area contributed by atoms with Gasteiger partial charge < -0.3 is 19.9 Å². The van der Waals surface area contributed by atoms with Crippen molar-refractivity contribution >= 4 is 51.6 Å². The summed E-state index contributed by atoms with van der Waals surface area (Å²) in [6, 6.07) is 8.64. The van der Waals surface area contributed by atoms with Gasteiger partial charge in [-0.1, -0.05) is 15.9 Å². The van der Waals surface area contributed by atoms with E-state index in [0.717, 1.165) is 55.7 Å². The van der Waals surface area contributed by atoms with Gasteiger partial charge in [0.2, 0.25) is 0 Å². The summed E-state index contributed by atoms with van der Waals surface area (Å²) in [6.07, 6.45) is 4.86. The fraction of sp³-hybridized carbons (Fsp3) is 0.667. The molecule has 1 aromatic rings. The Morgan fingerprint density at radius 2 is 1.93 bits per heavy atom. The zero-order valence-corrected chi connectivity index (χ0v) is 21.0. The molecule has 2 aliphatic rings. The lowest BCUT2D eigenvalue weighted by Crippen LogP contribution is -2.42. The van der Waals surface area contributed by atoms with Crippen molar-refractivity contribution < 1.29 is 4.74 Å². The van der Waals surface area contributed by atoms with Crippen molar-refractivity contribution in [2.24, 2.45) is 16.8 Å². The predicted octanol–water partition coefficient (Wildman–Crippen LogP) is 4.22. The summed E-state index contributed by atoms with van der Waals surface area (Å²) in [4.78, 5) is 9.24. The highest BCUT2D eigenvalue weighted by Crippen LogP contribution is 2.25. The third-order valence-electron chi connectivity index (χ3n) is 5.81. The SMILES string of the molecule is CN=C(NCC1CCN(c2ccc(Br)cc2)C1)N(C)CCC1CCOCC1.I. The molecule has 1 unspecified atom stereocenters. The molecule has 28 heavy (non-hydrogen) atoms. The quantitative estimate of drug-likeness (QED) is 0.319. The van der Waals surface area contributed by atoms with Crippen LogP contribution in [0, 0.1) is 11.8 Å². The van der Waals surface area contributed by atoms with Gasteiger partial charge in [-0.2, -0.15) is 0 Å². The summed E-state index contributed by atoms with van der Waals surface area (Å²) < 4.78 is 6.60. The van der Waals surface area contributed by atoms with E-state index in [1.54, 1.807) is 0 Å². The van der Waals surface area contributed by atoms with Crippen molar-refractivity contribution in [3.63, 3.8) is 0 Å². The second kappa shape index (κ2) is 12.2. The average molecular weight is 565 g/mol. The largest absolute Gasteiger partial charge is 0.381 e. The number of benzene rings is 1. The summed E-state index contributed by atoms with van der Waals surface area (Å²) in [7, 11) is 4.04. The number of hydrogen-bond acceptors (Lipinski definition) is 3. The lowest BCUT2D eigenvalue weighted by Gasteiger charge is -2.27. The van der Waals surface area contributed by atoms with Crippen molar-refractivity contribution in [2.75, 3.05) is 58.4 Å². The number of guanidine groups is 1. The van der Waals surface area contributed by atoms with Crippen molar-refractivity contribution in [3.05, 3.63) is 28.7 Å². The summed E-state index contributed by atoms with van der Waals surface area (Å²) in [5.41, 5.74) is 1.32. The summed E-state index contributed by atoms with van der Waals surface area (Å²) in [6.45, 7) is 6.14. The van der Waals surface area contributed by atoms with Crippen LogP contribution >= 0.6 is 39.9 Å². The van der Waals surface area contributed by atoms with Crippen LogP contribution in [0.4, 0.5) is 5.69 Å². The van der Waals surface area contributed by atoms with Crippen LogP contribution in [0.3, 0.4) is 0 Å². The van der Waals surface area contributed by atoms with Crippen LogP contribution in [0.5, 0.6) is 0 Å². The van der Waals surface area contributed by atoms with E-state index in [0.29, 0.717) is 5.92 Å². The maximum atomic E-state index is 5.46. The maximum absolute atomic E-state index is 5.46. The molecule has 2 fully saturated rings. The molecule has 7 heteroatoms. The molecule has 2 aliphatic heterocycles. The lowest BCUT2D eigenvalue weighted by molar-refractivity contribution is 0.0625. The molecular formula is C21H34BrIN4O. The Labute approximate surface area is 195 Å². The molecule has 0 spiro atoms. The number of nitrogens with one attached hydrogen (secondary N) is 1. The van der Waals surface area contributed by atoms with E-state index in [-0.39, 0.29) is 24.0 Å². The second-order valence-electron chi connectivity index (χ2n) is 7.77. The third kappa shape index (κ3) is 7.06. The highest BCUT2D eigenvalue weighted by atomic mass is 127. The first-order chi connectivity index (χ1) is 13.2. The fourth-order valence-corrected chi connectivity index (χ4v) is 4.29. The molecule has 158 valence electrons. The van der Waals surface area contributed by atoms with Crippen LogP contribution in [0.1, 0.15) is 25.7 Å². The van der Waals surface area contributed by atoms with Gasteiger partial charge in [0.15, 0.2) is 5.96 Å². The van der Waals surface area contributed by atoms with Crippen LogP contribution in [-0.4, -0.2) is 64.3 Å². The first-order valence-corrected chi connectivity index (χ1v) is 10.9. The zero-order chi connectivity index (χ0) is 19.1. The van der Waals surface area contributed by atoms with Crippen LogP contribution < -0.4 is 10.2 Å². The van der Waals surface area contributed by atoms with Gasteiger partial charge >= 0.3 is 0 Å². The normalized spacial score (nSPS) is 20.8. The van der Waals surface area contributed by atoms with Gasteiger partial charge in [0.25, 0.3) is 0 Å². The van der Waals surface area contributed by atoms with E-state index in [9.17, 15) is 0 Å². The Bertz CT molecular complexity index is 607. The Kier molecular flexibility index (Phi) is 10.4. The van der Waals surface area contributed by atoms with E-state index in [2.05, 4.69) is 67.4 Å². The number of hydrogen-bond donors (Lipinski definition) is 1. The van der Waals surface area contributed by atoms with Gasteiger partial charge in [-0.05, 0) is 61.8 Å². The van der Waals surface area contributed by atoms with E-state index in [4.69, 9.17) is 4.74 Å². The van der Waals surface area contributed by atoms with Gasteiger partial charge in [0.05, 0.1) is 0 Å². The van der Waals surface area contributed by atoms with Crippen LogP contribution in [0.2, 0.25) is 0 Å². The van der Waals surface area contributed by atoms with Crippen molar-refractivity contribution in [2.45, 2.75) is 25.7 Å². The average Bonchev–Trinajstić information content (AvgIpc) is 3.17. The molecule has 0 aliphatic carbocycles. The molecule has 1 N–H and O–H groups in total. The minimum Gasteiger partial charge on any atom is -0.381 e. The Morgan fingerprint density at radius 3 is 2.61 bits per heavy atom. The predicted molar refractivity (Wildman–Crippen MR) is 132 cm³/mol. The maximum Gasteiger partial charge on any atom is 0.193 e. The number of nitrogens with zero attached hydrogens (tertiary/aromatic N) is 3. The van der Waals surface area contributed by atoms with Crippen molar-refractivity contribution in [1.29, 1.82) is 0 Å². The van der Waals surface area contributed by atoms with Gasteiger partial charge in [-0.15, -0.1) is 24.0 Å². The van der Waals surface area contributed by atoms with Gasteiger partial charge in [-0.3, -0.25) is 4.99 Å². The standard InChI is InChI=1S/C21H33BrN4O.HI/c1-23-21(25(2)11-7-17-9-13-27-14-10-17)24-15-18-8-12-26(16-18)20-5-3-19(22)4-6-20;/h3-6,17-18H,7-16H2,1-2H3,(H,23,24);1H. The molecular weight excluding hydrogens is 531 g/mol. The molecule has 5 nitrogen and oxygen atoms in total. The molecule has 3 rings (SSSR count). The van der Waals surface area contributed by atoms with E-state index in [1.165, 1.54) is 31.4 Å². The highest BCUT2D eigenvalue weighted by Gasteiger charge is 2.23. The number of halogens is 2. The molecule has 0 amide bonds. The molecule has 2 saturated heterocycles. The molecule has 1 aromatic carbocycles. The summed E-state index contributed by atoms with van der Waals surface area (Å²) in [5.74, 6) is 2.48. The molecule has 0 saturated carbocycles. The number of anilines is 1. The van der Waals surface area contributed by atoms with Gasteiger partial charge in [-0.25, -0.2) is 0 Å². The molecule has 0 aromatic heterocycles. The van der Waals surface area contributed by atoms with Gasteiger partial charge in [0.1, 0.15) is 0 Å². The molecule has 0 radical (unpaired) electrons. The minimum absolute atomic E-state index is 0. The Hall–Kier alpha value is -0.540. The minimum atomic E-state index is 0.